The Morgan fingerprint density at radius 1 is 1.35 bits per heavy atom. The Morgan fingerprint density at radius 2 is 2.08 bits per heavy atom. The second-order valence-corrected chi connectivity index (χ2v) is 8.06. The van der Waals surface area contributed by atoms with Gasteiger partial charge in [0.15, 0.2) is 5.60 Å². The van der Waals surface area contributed by atoms with Crippen LogP contribution in [0.4, 0.5) is 8.78 Å². The molecule has 2 aromatic rings. The Balaban J connectivity index is 1.93. The Morgan fingerprint density at radius 3 is 2.77 bits per heavy atom. The van der Waals surface area contributed by atoms with E-state index in [0.717, 1.165) is 6.07 Å². The molecule has 0 spiro atoms. The van der Waals surface area contributed by atoms with E-state index in [9.17, 15) is 22.3 Å². The molecule has 132 valence electrons. The van der Waals surface area contributed by atoms with E-state index < -0.39 is 37.6 Å². The molecule has 26 heavy (non-hydrogen) atoms. The van der Waals surface area contributed by atoms with Gasteiger partial charge in [-0.3, -0.25) is 4.98 Å². The molecule has 0 fully saturated rings. The van der Waals surface area contributed by atoms with Gasteiger partial charge < -0.3 is 9.84 Å². The lowest BCUT2D eigenvalue weighted by atomic mass is 9.96. The molecule has 0 saturated heterocycles. The summed E-state index contributed by atoms with van der Waals surface area (Å²) in [7, 11) is -5.02. The monoisotopic (exact) mass is 376 g/mol. The van der Waals surface area contributed by atoms with Crippen LogP contribution in [0.1, 0.15) is 23.1 Å². The minimum Gasteiger partial charge on any atom is -0.455 e. The summed E-state index contributed by atoms with van der Waals surface area (Å²) in [5.41, 5.74) is -2.87. The van der Waals surface area contributed by atoms with E-state index in [4.69, 9.17) is 10.00 Å². The summed E-state index contributed by atoms with van der Waals surface area (Å²) in [4.78, 5) is 3.20. The maximum Gasteiger partial charge on any atom is 0.382 e. The summed E-state index contributed by atoms with van der Waals surface area (Å²) in [5, 5.41) is 15.1. The molecule has 0 amide bonds. The molecular weight excluding hydrogens is 366 g/mol. The van der Waals surface area contributed by atoms with Crippen LogP contribution in [0.15, 0.2) is 42.1 Å². The van der Waals surface area contributed by atoms with Crippen molar-refractivity contribution in [3.8, 4) is 17.6 Å². The zero-order chi connectivity index (χ0) is 18.9. The molecule has 1 aromatic carbocycles. The number of aromatic nitrogens is 1. The smallest absolute Gasteiger partial charge is 0.382 e. The fourth-order valence-corrected chi connectivity index (χ4v) is 5.07. The molecule has 1 aliphatic heterocycles. The predicted molar refractivity (Wildman–Crippen MR) is 85.1 cm³/mol. The van der Waals surface area contributed by atoms with Crippen LogP contribution in [0.5, 0.6) is 11.5 Å². The van der Waals surface area contributed by atoms with Crippen molar-refractivity contribution in [2.24, 2.45) is 0 Å². The highest BCUT2D eigenvalue weighted by molar-refractivity contribution is 7.93. The van der Waals surface area contributed by atoms with Crippen LogP contribution in [0.25, 0.3) is 5.57 Å². The number of rotatable bonds is 2. The van der Waals surface area contributed by atoms with Gasteiger partial charge in [-0.15, -0.1) is 0 Å². The van der Waals surface area contributed by atoms with Gasteiger partial charge in [-0.25, -0.2) is 8.42 Å². The van der Waals surface area contributed by atoms with Crippen LogP contribution in [0.2, 0.25) is 0 Å². The third-order valence-electron chi connectivity index (χ3n) is 4.54. The third kappa shape index (κ3) is 1.80. The largest absolute Gasteiger partial charge is 0.455 e. The van der Waals surface area contributed by atoms with Crippen LogP contribution in [0, 0.1) is 11.3 Å². The first-order chi connectivity index (χ1) is 12.1. The molecule has 0 saturated carbocycles. The maximum atomic E-state index is 14.5. The summed E-state index contributed by atoms with van der Waals surface area (Å²) in [5.74, 6) is 0.213. The number of aliphatic hydroxyl groups is 1. The number of ether oxygens (including phenoxy) is 1. The Hall–Kier alpha value is -2.83. The van der Waals surface area contributed by atoms with Crippen LogP contribution in [-0.4, -0.2) is 23.8 Å². The predicted octanol–water partition coefficient (Wildman–Crippen LogP) is 2.73. The summed E-state index contributed by atoms with van der Waals surface area (Å²) < 4.78 is 58.8. The zero-order valence-corrected chi connectivity index (χ0v) is 13.8. The van der Waals surface area contributed by atoms with Crippen molar-refractivity contribution >= 4 is 15.4 Å². The van der Waals surface area contributed by atoms with Gasteiger partial charge in [0.2, 0.25) is 9.84 Å². The standard InChI is InChI=1S/C17H10F2N2O4S/c1-9-5-16(22)15-13(26(23,24)17(16,18)19)3-2-12(14(9)15)25-11-4-10(6-20)7-21-8-11/h2-4,7-8,22H,1,5H2. The van der Waals surface area contributed by atoms with Crippen molar-refractivity contribution in [3.63, 3.8) is 0 Å². The molecule has 1 unspecified atom stereocenters. The SMILES string of the molecule is C=C1CC2(O)c3c(ccc(Oc4cncc(C#N)c4)c31)S(=O)(=O)C2(F)F. The van der Waals surface area contributed by atoms with E-state index in [0.29, 0.717) is 0 Å². The lowest BCUT2D eigenvalue weighted by Gasteiger charge is -2.24. The maximum absolute atomic E-state index is 14.5. The fraction of sp³-hybridized carbons (Fsp3) is 0.176. The summed E-state index contributed by atoms with van der Waals surface area (Å²) in [6.45, 7) is 3.68. The van der Waals surface area contributed by atoms with Crippen LogP contribution in [0.3, 0.4) is 0 Å². The number of sulfone groups is 1. The molecule has 1 aromatic heterocycles. The van der Waals surface area contributed by atoms with E-state index >= 15 is 0 Å². The van der Waals surface area contributed by atoms with Gasteiger partial charge in [0.25, 0.3) is 0 Å². The quantitative estimate of drug-likeness (QED) is 0.865. The lowest BCUT2D eigenvalue weighted by Crippen LogP contribution is -2.43. The van der Waals surface area contributed by atoms with Gasteiger partial charge >= 0.3 is 5.25 Å². The van der Waals surface area contributed by atoms with E-state index in [1.165, 1.54) is 24.5 Å². The Labute approximate surface area is 146 Å². The number of pyridine rings is 1. The minimum absolute atomic E-state index is 0.0353. The van der Waals surface area contributed by atoms with Gasteiger partial charge in [0, 0.05) is 29.8 Å². The fourth-order valence-electron chi connectivity index (χ4n) is 3.39. The zero-order valence-electron chi connectivity index (χ0n) is 13.0. The van der Waals surface area contributed by atoms with Crippen LogP contribution < -0.4 is 4.74 Å². The van der Waals surface area contributed by atoms with Crippen molar-refractivity contribution in [1.29, 1.82) is 5.26 Å². The number of halogens is 2. The third-order valence-corrected chi connectivity index (χ3v) is 6.48. The molecule has 1 atom stereocenters. The van der Waals surface area contributed by atoms with E-state index in [1.807, 2.05) is 6.07 Å². The van der Waals surface area contributed by atoms with E-state index in [1.54, 1.807) is 0 Å². The highest BCUT2D eigenvalue weighted by atomic mass is 32.2. The number of nitrogens with zero attached hydrogens (tertiary/aromatic N) is 2. The highest BCUT2D eigenvalue weighted by Gasteiger charge is 2.73. The van der Waals surface area contributed by atoms with Crippen molar-refractivity contribution in [1.82, 2.24) is 4.98 Å². The lowest BCUT2D eigenvalue weighted by molar-refractivity contribution is -0.120. The second kappa shape index (κ2) is 4.87. The van der Waals surface area contributed by atoms with Gasteiger partial charge in [0.05, 0.1) is 16.7 Å². The highest BCUT2D eigenvalue weighted by Crippen LogP contribution is 2.63. The Bertz CT molecular complexity index is 1140. The van der Waals surface area contributed by atoms with Crippen LogP contribution in [-0.2, 0) is 15.4 Å². The molecule has 2 heterocycles. The topological polar surface area (TPSA) is 100 Å². The van der Waals surface area contributed by atoms with Gasteiger partial charge in [-0.1, -0.05) is 6.58 Å². The number of hydrogen-bond donors (Lipinski definition) is 1. The first-order valence-corrected chi connectivity index (χ1v) is 8.85. The van der Waals surface area contributed by atoms with Gasteiger partial charge in [-0.05, 0) is 17.7 Å². The molecular formula is C17H10F2N2O4S. The first kappa shape index (κ1) is 16.6. The van der Waals surface area contributed by atoms with Crippen molar-refractivity contribution < 1.29 is 27.0 Å². The number of alkyl halides is 2. The van der Waals surface area contributed by atoms with Crippen molar-refractivity contribution in [2.45, 2.75) is 22.2 Å². The number of nitriles is 1. The normalized spacial score (nSPS) is 24.2. The summed E-state index contributed by atoms with van der Waals surface area (Å²) >= 11 is 0. The molecule has 1 aliphatic carbocycles. The summed E-state index contributed by atoms with van der Waals surface area (Å²) in [6.07, 6.45) is 2.01. The molecule has 0 radical (unpaired) electrons. The van der Waals surface area contributed by atoms with Gasteiger partial charge in [0.1, 0.15) is 17.6 Å². The Kier molecular flexibility index (Phi) is 3.11. The average molecular weight is 376 g/mol. The van der Waals surface area contributed by atoms with Crippen molar-refractivity contribution in [3.05, 3.63) is 53.9 Å². The van der Waals surface area contributed by atoms with E-state index in [2.05, 4.69) is 11.6 Å². The number of hydrogen-bond acceptors (Lipinski definition) is 6. The van der Waals surface area contributed by atoms with E-state index in [-0.39, 0.29) is 28.2 Å². The molecule has 2 aliphatic rings. The summed E-state index contributed by atoms with van der Waals surface area (Å²) in [6, 6.07) is 5.49. The average Bonchev–Trinajstić information content (AvgIpc) is 2.93. The second-order valence-electron chi connectivity index (χ2n) is 6.10. The van der Waals surface area contributed by atoms with Gasteiger partial charge in [-0.2, -0.15) is 14.0 Å². The minimum atomic E-state index is -5.02. The molecule has 1 N–H and O–H groups in total. The number of benzene rings is 1. The molecule has 9 heteroatoms. The van der Waals surface area contributed by atoms with Crippen molar-refractivity contribution in [2.75, 3.05) is 0 Å². The first-order valence-electron chi connectivity index (χ1n) is 7.37. The molecule has 6 nitrogen and oxygen atoms in total. The van der Waals surface area contributed by atoms with Crippen LogP contribution >= 0.6 is 0 Å². The molecule has 0 bridgehead atoms. The molecule has 4 rings (SSSR count).